The van der Waals surface area contributed by atoms with E-state index in [4.69, 9.17) is 9.72 Å². The van der Waals surface area contributed by atoms with Gasteiger partial charge in [-0.1, -0.05) is 20.8 Å². The van der Waals surface area contributed by atoms with Crippen molar-refractivity contribution in [3.63, 3.8) is 0 Å². The molecule has 0 amide bonds. The van der Waals surface area contributed by atoms with Gasteiger partial charge in [-0.25, -0.2) is 4.98 Å². The molecule has 1 N–H and O–H groups in total. The molecule has 0 aromatic carbocycles. The number of likely N-dealkylation sites (N-methyl/N-ethyl adjacent to an activating group) is 1. The van der Waals surface area contributed by atoms with Gasteiger partial charge in [-0.15, -0.1) is 0 Å². The molecule has 1 unspecified atom stereocenters. The van der Waals surface area contributed by atoms with E-state index in [9.17, 15) is 0 Å². The van der Waals surface area contributed by atoms with Gasteiger partial charge in [0.1, 0.15) is 5.82 Å². The number of ether oxygens (including phenoxy) is 1. The first-order chi connectivity index (χ1) is 9.90. The Kier molecular flexibility index (Phi) is 5.22. The van der Waals surface area contributed by atoms with Crippen molar-refractivity contribution in [2.24, 2.45) is 0 Å². The van der Waals surface area contributed by atoms with Crippen molar-refractivity contribution >= 4 is 5.82 Å². The van der Waals surface area contributed by atoms with Crippen molar-refractivity contribution < 1.29 is 4.74 Å². The first kappa shape index (κ1) is 16.2. The molecular weight excluding hydrogens is 262 g/mol. The van der Waals surface area contributed by atoms with E-state index in [-0.39, 0.29) is 5.41 Å². The fourth-order valence-electron chi connectivity index (χ4n) is 2.64. The fraction of sp³-hybridized carbons (Fsp3) is 0.706. The number of aromatic nitrogens is 1. The lowest BCUT2D eigenvalue weighted by atomic mass is 9.90. The minimum absolute atomic E-state index is 0.0587. The molecule has 0 spiro atoms. The Morgan fingerprint density at radius 2 is 2.14 bits per heavy atom. The van der Waals surface area contributed by atoms with Crippen LogP contribution in [-0.4, -0.2) is 38.3 Å². The smallest absolute Gasteiger partial charge is 0.128 e. The van der Waals surface area contributed by atoms with Gasteiger partial charge in [0.15, 0.2) is 0 Å². The summed E-state index contributed by atoms with van der Waals surface area (Å²) in [6.07, 6.45) is 2.69. The van der Waals surface area contributed by atoms with E-state index in [1.165, 1.54) is 12.0 Å². The fourth-order valence-corrected chi connectivity index (χ4v) is 2.64. The van der Waals surface area contributed by atoms with Crippen LogP contribution in [0.1, 0.15) is 44.9 Å². The molecule has 1 aliphatic rings. The molecule has 118 valence electrons. The van der Waals surface area contributed by atoms with Crippen molar-refractivity contribution in [3.05, 3.63) is 23.4 Å². The number of pyridine rings is 1. The standard InChI is InChI=1S/C17H29N3O/c1-17(2,3)15-9-13(11-18-4)10-16(19-15)20(5)12-14-7-6-8-21-14/h9-10,14,18H,6-8,11-12H2,1-5H3. The Morgan fingerprint density at radius 1 is 1.38 bits per heavy atom. The van der Waals surface area contributed by atoms with Gasteiger partial charge in [0.05, 0.1) is 6.10 Å². The van der Waals surface area contributed by atoms with Crippen molar-refractivity contribution in [2.45, 2.75) is 51.7 Å². The SMILES string of the molecule is CNCc1cc(N(C)CC2CCCO2)nc(C(C)(C)C)c1. The second-order valence-electron chi connectivity index (χ2n) is 7.01. The summed E-state index contributed by atoms with van der Waals surface area (Å²) in [5.41, 5.74) is 2.49. The average Bonchev–Trinajstić information content (AvgIpc) is 2.90. The summed E-state index contributed by atoms with van der Waals surface area (Å²) in [4.78, 5) is 7.10. The van der Waals surface area contributed by atoms with Gasteiger partial charge in [-0.3, -0.25) is 0 Å². The molecule has 1 saturated heterocycles. The molecule has 2 heterocycles. The zero-order valence-electron chi connectivity index (χ0n) is 14.1. The summed E-state index contributed by atoms with van der Waals surface area (Å²) in [6, 6.07) is 4.39. The van der Waals surface area contributed by atoms with Gasteiger partial charge < -0.3 is 15.0 Å². The maximum Gasteiger partial charge on any atom is 0.128 e. The van der Waals surface area contributed by atoms with Crippen LogP contribution in [0.4, 0.5) is 5.82 Å². The van der Waals surface area contributed by atoms with Crippen molar-refractivity contribution in [2.75, 3.05) is 32.1 Å². The monoisotopic (exact) mass is 291 g/mol. The first-order valence-electron chi connectivity index (χ1n) is 7.89. The van der Waals surface area contributed by atoms with Crippen molar-refractivity contribution in [1.82, 2.24) is 10.3 Å². The zero-order valence-corrected chi connectivity index (χ0v) is 14.1. The molecule has 2 rings (SSSR count). The van der Waals surface area contributed by atoms with Gasteiger partial charge in [0.2, 0.25) is 0 Å². The summed E-state index contributed by atoms with van der Waals surface area (Å²) in [5, 5.41) is 3.23. The molecule has 1 aromatic heterocycles. The van der Waals surface area contributed by atoms with Crippen LogP contribution in [0.3, 0.4) is 0 Å². The lowest BCUT2D eigenvalue weighted by Gasteiger charge is -2.26. The topological polar surface area (TPSA) is 37.4 Å². The maximum atomic E-state index is 5.74. The van der Waals surface area contributed by atoms with Gasteiger partial charge in [0, 0.05) is 37.9 Å². The third kappa shape index (κ3) is 4.42. The third-order valence-electron chi connectivity index (χ3n) is 3.91. The van der Waals surface area contributed by atoms with E-state index < -0.39 is 0 Å². The molecular formula is C17H29N3O. The lowest BCUT2D eigenvalue weighted by molar-refractivity contribution is 0.116. The molecule has 0 bridgehead atoms. The quantitative estimate of drug-likeness (QED) is 0.905. The van der Waals surface area contributed by atoms with E-state index in [2.05, 4.69) is 50.2 Å². The molecule has 1 aromatic rings. The summed E-state index contributed by atoms with van der Waals surface area (Å²) in [5.74, 6) is 1.04. The van der Waals surface area contributed by atoms with Crippen molar-refractivity contribution in [1.29, 1.82) is 0 Å². The van der Waals surface area contributed by atoms with Crippen LogP contribution in [0.5, 0.6) is 0 Å². The highest BCUT2D eigenvalue weighted by Gasteiger charge is 2.21. The van der Waals surface area contributed by atoms with E-state index >= 15 is 0 Å². The summed E-state index contributed by atoms with van der Waals surface area (Å²) in [6.45, 7) is 9.32. The Labute approximate surface area is 128 Å². The summed E-state index contributed by atoms with van der Waals surface area (Å²) in [7, 11) is 4.09. The first-order valence-corrected chi connectivity index (χ1v) is 7.89. The van der Waals surface area contributed by atoms with Crippen LogP contribution >= 0.6 is 0 Å². The third-order valence-corrected chi connectivity index (χ3v) is 3.91. The van der Waals surface area contributed by atoms with Crippen LogP contribution < -0.4 is 10.2 Å². The number of rotatable bonds is 5. The maximum absolute atomic E-state index is 5.74. The number of hydrogen-bond donors (Lipinski definition) is 1. The normalized spacial score (nSPS) is 19.0. The van der Waals surface area contributed by atoms with E-state index in [0.29, 0.717) is 6.10 Å². The highest BCUT2D eigenvalue weighted by Crippen LogP contribution is 2.25. The van der Waals surface area contributed by atoms with Crippen LogP contribution in [0.15, 0.2) is 12.1 Å². The molecule has 4 nitrogen and oxygen atoms in total. The summed E-state index contributed by atoms with van der Waals surface area (Å²) >= 11 is 0. The number of nitrogens with one attached hydrogen (secondary N) is 1. The molecule has 1 aliphatic heterocycles. The minimum atomic E-state index is 0.0587. The van der Waals surface area contributed by atoms with E-state index in [1.54, 1.807) is 0 Å². The number of anilines is 1. The van der Waals surface area contributed by atoms with Gasteiger partial charge in [0.25, 0.3) is 0 Å². The lowest BCUT2D eigenvalue weighted by Crippen LogP contribution is -2.30. The Balaban J connectivity index is 2.21. The predicted octanol–water partition coefficient (Wildman–Crippen LogP) is 2.71. The van der Waals surface area contributed by atoms with E-state index in [0.717, 1.165) is 37.6 Å². The molecule has 21 heavy (non-hydrogen) atoms. The highest BCUT2D eigenvalue weighted by molar-refractivity contribution is 5.43. The molecule has 1 atom stereocenters. The second kappa shape index (κ2) is 6.75. The van der Waals surface area contributed by atoms with Crippen LogP contribution in [0.25, 0.3) is 0 Å². The highest BCUT2D eigenvalue weighted by atomic mass is 16.5. The zero-order chi connectivity index (χ0) is 15.5. The van der Waals surface area contributed by atoms with Crippen molar-refractivity contribution in [3.8, 4) is 0 Å². The largest absolute Gasteiger partial charge is 0.376 e. The van der Waals surface area contributed by atoms with E-state index in [1.807, 2.05) is 7.05 Å². The second-order valence-corrected chi connectivity index (χ2v) is 7.01. The minimum Gasteiger partial charge on any atom is -0.376 e. The van der Waals surface area contributed by atoms with Crippen LogP contribution in [0, 0.1) is 0 Å². The van der Waals surface area contributed by atoms with Gasteiger partial charge >= 0.3 is 0 Å². The molecule has 0 aliphatic carbocycles. The van der Waals surface area contributed by atoms with Crippen LogP contribution in [-0.2, 0) is 16.7 Å². The van der Waals surface area contributed by atoms with Gasteiger partial charge in [-0.05, 0) is 37.6 Å². The summed E-state index contributed by atoms with van der Waals surface area (Å²) < 4.78 is 5.74. The predicted molar refractivity (Wildman–Crippen MR) is 87.9 cm³/mol. The Hall–Kier alpha value is -1.13. The Bertz CT molecular complexity index is 462. The molecule has 4 heteroatoms. The molecule has 0 radical (unpaired) electrons. The number of nitrogens with zero attached hydrogens (tertiary/aromatic N) is 2. The Morgan fingerprint density at radius 3 is 2.71 bits per heavy atom. The molecule has 1 fully saturated rings. The molecule has 0 saturated carbocycles. The average molecular weight is 291 g/mol. The van der Waals surface area contributed by atoms with Crippen LogP contribution in [0.2, 0.25) is 0 Å². The van der Waals surface area contributed by atoms with Gasteiger partial charge in [-0.2, -0.15) is 0 Å². The number of hydrogen-bond acceptors (Lipinski definition) is 4.